The fourth-order valence-corrected chi connectivity index (χ4v) is 3.79. The quantitative estimate of drug-likeness (QED) is 0.0975. The zero-order valence-electron chi connectivity index (χ0n) is 20.8. The summed E-state index contributed by atoms with van der Waals surface area (Å²) in [5.41, 5.74) is 0. The van der Waals surface area contributed by atoms with E-state index in [1.165, 1.54) is 38.5 Å². The molecule has 0 saturated carbocycles. The van der Waals surface area contributed by atoms with Crippen LogP contribution in [-0.2, 0) is 28.2 Å². The van der Waals surface area contributed by atoms with Crippen molar-refractivity contribution in [2.75, 3.05) is 13.2 Å². The maximum Gasteiger partial charge on any atom is 0.469 e. The minimum atomic E-state index is -4.72. The maximum atomic E-state index is 12.1. The summed E-state index contributed by atoms with van der Waals surface area (Å²) in [7, 11) is -4.72. The van der Waals surface area contributed by atoms with Gasteiger partial charge in [0.15, 0.2) is 6.10 Å². The van der Waals surface area contributed by atoms with Gasteiger partial charge >= 0.3 is 19.8 Å². The lowest BCUT2D eigenvalue weighted by Crippen LogP contribution is -2.29. The van der Waals surface area contributed by atoms with Gasteiger partial charge in [-0.25, -0.2) is 4.57 Å². The van der Waals surface area contributed by atoms with E-state index in [9.17, 15) is 14.2 Å². The molecule has 0 aliphatic carbocycles. The third kappa shape index (κ3) is 24.0. The van der Waals surface area contributed by atoms with E-state index in [0.717, 1.165) is 51.4 Å². The zero-order chi connectivity index (χ0) is 24.8. The first-order chi connectivity index (χ1) is 15.8. The molecule has 0 amide bonds. The van der Waals surface area contributed by atoms with Crippen LogP contribution in [-0.4, -0.2) is 41.0 Å². The molecule has 0 aromatic rings. The smallest absolute Gasteiger partial charge is 0.462 e. The summed E-state index contributed by atoms with van der Waals surface area (Å²) in [4.78, 5) is 41.9. The molecular weight excluding hydrogens is 447 g/mol. The molecule has 0 bridgehead atoms. The molecule has 0 fully saturated rings. The van der Waals surface area contributed by atoms with Gasteiger partial charge in [-0.15, -0.1) is 0 Å². The van der Waals surface area contributed by atoms with Crippen LogP contribution in [0.5, 0.6) is 0 Å². The number of esters is 2. The molecule has 0 aromatic heterocycles. The first-order valence-corrected chi connectivity index (χ1v) is 14.4. The van der Waals surface area contributed by atoms with Gasteiger partial charge < -0.3 is 19.3 Å². The number of hydrogen-bond donors (Lipinski definition) is 2. The third-order valence-electron chi connectivity index (χ3n) is 5.38. The van der Waals surface area contributed by atoms with Crippen LogP contribution in [0.15, 0.2) is 0 Å². The van der Waals surface area contributed by atoms with Gasteiger partial charge in [-0.1, -0.05) is 97.3 Å². The molecule has 2 N–H and O–H groups in total. The molecule has 0 aliphatic heterocycles. The second-order valence-electron chi connectivity index (χ2n) is 8.68. The summed E-state index contributed by atoms with van der Waals surface area (Å²) in [6.45, 7) is 3.53. The molecule has 0 spiro atoms. The largest absolute Gasteiger partial charge is 0.469 e. The van der Waals surface area contributed by atoms with Crippen molar-refractivity contribution in [3.8, 4) is 0 Å². The van der Waals surface area contributed by atoms with E-state index in [1.54, 1.807) is 0 Å². The summed E-state index contributed by atoms with van der Waals surface area (Å²) in [6.07, 6.45) is 15.8. The highest BCUT2D eigenvalue weighted by molar-refractivity contribution is 7.46. The summed E-state index contributed by atoms with van der Waals surface area (Å²) in [5.74, 6) is -0.897. The van der Waals surface area contributed by atoms with Crippen LogP contribution in [0.3, 0.4) is 0 Å². The van der Waals surface area contributed by atoms with Gasteiger partial charge in [0.2, 0.25) is 0 Å². The van der Waals surface area contributed by atoms with Crippen LogP contribution < -0.4 is 0 Å². The number of carbonyl (C=O) groups excluding carboxylic acids is 2. The average molecular weight is 495 g/mol. The van der Waals surface area contributed by atoms with Crippen LogP contribution in [0, 0.1) is 0 Å². The molecule has 1 atom stereocenters. The Kier molecular flexibility index (Phi) is 21.0. The second-order valence-corrected chi connectivity index (χ2v) is 9.92. The number of rotatable bonds is 23. The van der Waals surface area contributed by atoms with E-state index < -0.39 is 32.5 Å². The Labute approximate surface area is 200 Å². The number of hydrogen-bond acceptors (Lipinski definition) is 6. The molecule has 0 heterocycles. The normalized spacial score (nSPS) is 12.5. The Hall–Kier alpha value is -0.950. The van der Waals surface area contributed by atoms with Crippen molar-refractivity contribution >= 4 is 19.8 Å². The monoisotopic (exact) mass is 494 g/mol. The van der Waals surface area contributed by atoms with E-state index in [1.807, 2.05) is 0 Å². The number of carbonyl (C=O) groups is 2. The minimum absolute atomic E-state index is 0.216. The Morgan fingerprint density at radius 3 is 1.55 bits per heavy atom. The lowest BCUT2D eigenvalue weighted by Gasteiger charge is -2.18. The maximum absolute atomic E-state index is 12.1. The van der Waals surface area contributed by atoms with E-state index in [2.05, 4.69) is 18.4 Å². The number of unbranched alkanes of at least 4 members (excludes halogenated alkanes) is 13. The fraction of sp³-hybridized carbons (Fsp3) is 0.917. The lowest BCUT2D eigenvalue weighted by molar-refractivity contribution is -0.161. The molecule has 8 nitrogen and oxygen atoms in total. The van der Waals surface area contributed by atoms with Gasteiger partial charge in [0.1, 0.15) is 6.61 Å². The van der Waals surface area contributed by atoms with Gasteiger partial charge in [-0.2, -0.15) is 0 Å². The first-order valence-electron chi connectivity index (χ1n) is 12.8. The SMILES string of the molecule is CCCCCCCCCCCC(=O)O[C@H](COC(=O)CCCCCCCC)COP(=O)(O)O. The molecule has 9 heteroatoms. The molecule has 33 heavy (non-hydrogen) atoms. The Balaban J connectivity index is 4.14. The summed E-state index contributed by atoms with van der Waals surface area (Å²) < 4.78 is 25.8. The van der Waals surface area contributed by atoms with Crippen molar-refractivity contribution in [3.63, 3.8) is 0 Å². The highest BCUT2D eigenvalue weighted by atomic mass is 31.2. The van der Waals surface area contributed by atoms with Crippen molar-refractivity contribution in [2.24, 2.45) is 0 Å². The van der Waals surface area contributed by atoms with Gasteiger partial charge in [-0.05, 0) is 12.8 Å². The standard InChI is InChI=1S/C24H47O8P/c1-3-5-7-9-11-12-13-15-17-19-24(26)32-22(21-31-33(27,28)29)20-30-23(25)18-16-14-10-8-6-4-2/h22H,3-21H2,1-2H3,(H2,27,28,29)/t22-/m1/s1. The first kappa shape index (κ1) is 32.0. The van der Waals surface area contributed by atoms with Gasteiger partial charge in [0.05, 0.1) is 6.61 Å². The molecule has 0 aromatic carbocycles. The van der Waals surface area contributed by atoms with E-state index in [-0.39, 0.29) is 19.4 Å². The van der Waals surface area contributed by atoms with Gasteiger partial charge in [0, 0.05) is 12.8 Å². The Bertz CT molecular complexity index is 535. The van der Waals surface area contributed by atoms with E-state index >= 15 is 0 Å². The number of ether oxygens (including phenoxy) is 2. The molecule has 0 unspecified atom stereocenters. The van der Waals surface area contributed by atoms with Crippen LogP contribution in [0.2, 0.25) is 0 Å². The van der Waals surface area contributed by atoms with Gasteiger partial charge in [-0.3, -0.25) is 14.1 Å². The molecule has 0 saturated heterocycles. The van der Waals surface area contributed by atoms with Crippen LogP contribution in [0.4, 0.5) is 0 Å². The second kappa shape index (κ2) is 21.6. The molecular formula is C24H47O8P. The van der Waals surface area contributed by atoms with Gasteiger partial charge in [0.25, 0.3) is 0 Å². The average Bonchev–Trinajstić information content (AvgIpc) is 2.76. The van der Waals surface area contributed by atoms with Crippen LogP contribution >= 0.6 is 7.82 Å². The summed E-state index contributed by atoms with van der Waals surface area (Å²) in [5, 5.41) is 0. The highest BCUT2D eigenvalue weighted by Crippen LogP contribution is 2.35. The van der Waals surface area contributed by atoms with Crippen LogP contribution in [0.1, 0.15) is 123 Å². The molecule has 0 aliphatic rings. The van der Waals surface area contributed by atoms with Crippen molar-refractivity contribution in [1.29, 1.82) is 0 Å². The lowest BCUT2D eigenvalue weighted by atomic mass is 10.1. The molecule has 196 valence electrons. The summed E-state index contributed by atoms with van der Waals surface area (Å²) >= 11 is 0. The predicted molar refractivity (Wildman–Crippen MR) is 129 cm³/mol. The molecule has 0 rings (SSSR count). The number of phosphoric acid groups is 1. The summed E-state index contributed by atoms with van der Waals surface area (Å²) in [6, 6.07) is 0. The topological polar surface area (TPSA) is 119 Å². The van der Waals surface area contributed by atoms with Crippen LogP contribution in [0.25, 0.3) is 0 Å². The molecule has 0 radical (unpaired) electrons. The fourth-order valence-electron chi connectivity index (χ4n) is 3.43. The van der Waals surface area contributed by atoms with E-state index in [0.29, 0.717) is 6.42 Å². The third-order valence-corrected chi connectivity index (χ3v) is 5.86. The minimum Gasteiger partial charge on any atom is -0.462 e. The van der Waals surface area contributed by atoms with Crippen molar-refractivity contribution in [3.05, 3.63) is 0 Å². The highest BCUT2D eigenvalue weighted by Gasteiger charge is 2.22. The van der Waals surface area contributed by atoms with Crippen molar-refractivity contribution in [1.82, 2.24) is 0 Å². The predicted octanol–water partition coefficient (Wildman–Crippen LogP) is 6.22. The Morgan fingerprint density at radius 1 is 0.667 bits per heavy atom. The zero-order valence-corrected chi connectivity index (χ0v) is 21.7. The van der Waals surface area contributed by atoms with E-state index in [4.69, 9.17) is 19.3 Å². The van der Waals surface area contributed by atoms with Crippen molar-refractivity contribution in [2.45, 2.75) is 129 Å². The Morgan fingerprint density at radius 2 is 1.09 bits per heavy atom. The number of phosphoric ester groups is 1. The van der Waals surface area contributed by atoms with Crippen molar-refractivity contribution < 1.29 is 37.9 Å².